The molecule has 0 bridgehead atoms. The minimum Gasteiger partial charge on any atom is -0.494 e. The summed E-state index contributed by atoms with van der Waals surface area (Å²) in [6, 6.07) is 12.4. The van der Waals surface area contributed by atoms with E-state index in [-0.39, 0.29) is 0 Å². The summed E-state index contributed by atoms with van der Waals surface area (Å²) in [5.74, 6) is 1.86. The standard InChI is InChI=1S/C20H21N3O/c1-5-19-22-20-14(4)17(12-21)13(3)11-18(20)23(19)15-7-9-16(10-8-15)24-6-2/h7-11H,5-6H2,1-4H3. The molecule has 0 fully saturated rings. The van der Waals surface area contributed by atoms with Gasteiger partial charge in [-0.2, -0.15) is 5.26 Å². The van der Waals surface area contributed by atoms with Gasteiger partial charge in [0.1, 0.15) is 11.6 Å². The molecule has 0 atom stereocenters. The molecule has 0 aliphatic carbocycles. The fourth-order valence-electron chi connectivity index (χ4n) is 3.14. The van der Waals surface area contributed by atoms with Crippen molar-refractivity contribution in [1.29, 1.82) is 5.26 Å². The van der Waals surface area contributed by atoms with E-state index < -0.39 is 0 Å². The molecular weight excluding hydrogens is 298 g/mol. The molecule has 1 heterocycles. The Hall–Kier alpha value is -2.80. The third-order valence-corrected chi connectivity index (χ3v) is 4.29. The first-order valence-electron chi connectivity index (χ1n) is 8.25. The molecule has 122 valence electrons. The van der Waals surface area contributed by atoms with Crippen LogP contribution in [0.15, 0.2) is 30.3 Å². The van der Waals surface area contributed by atoms with Crippen molar-refractivity contribution in [2.75, 3.05) is 6.61 Å². The maximum Gasteiger partial charge on any atom is 0.119 e. The Labute approximate surface area is 142 Å². The first kappa shape index (κ1) is 16.1. The van der Waals surface area contributed by atoms with Crippen molar-refractivity contribution < 1.29 is 4.74 Å². The van der Waals surface area contributed by atoms with E-state index in [0.29, 0.717) is 6.61 Å². The summed E-state index contributed by atoms with van der Waals surface area (Å²) in [5.41, 5.74) is 5.67. The van der Waals surface area contributed by atoms with E-state index in [1.165, 1.54) is 0 Å². The SMILES string of the molecule is CCOc1ccc(-n2c(CC)nc3c(C)c(C#N)c(C)cc32)cc1. The highest BCUT2D eigenvalue weighted by molar-refractivity contribution is 5.85. The lowest BCUT2D eigenvalue weighted by atomic mass is 10.0. The summed E-state index contributed by atoms with van der Waals surface area (Å²) in [6.45, 7) is 8.68. The van der Waals surface area contributed by atoms with Crippen LogP contribution in [0.5, 0.6) is 5.75 Å². The maximum absolute atomic E-state index is 9.39. The maximum atomic E-state index is 9.39. The van der Waals surface area contributed by atoms with Crippen LogP contribution in [-0.4, -0.2) is 16.2 Å². The van der Waals surface area contributed by atoms with Crippen LogP contribution in [-0.2, 0) is 6.42 Å². The number of ether oxygens (including phenoxy) is 1. The summed E-state index contributed by atoms with van der Waals surface area (Å²) in [7, 11) is 0. The Morgan fingerprint density at radius 1 is 1.17 bits per heavy atom. The zero-order valence-electron chi connectivity index (χ0n) is 14.6. The van der Waals surface area contributed by atoms with E-state index in [4.69, 9.17) is 9.72 Å². The summed E-state index contributed by atoms with van der Waals surface area (Å²) in [5, 5.41) is 9.39. The monoisotopic (exact) mass is 319 g/mol. The number of benzene rings is 2. The molecule has 2 aromatic carbocycles. The number of hydrogen-bond donors (Lipinski definition) is 0. The van der Waals surface area contributed by atoms with Gasteiger partial charge in [-0.05, 0) is 62.2 Å². The molecule has 0 amide bonds. The van der Waals surface area contributed by atoms with Crippen molar-refractivity contribution in [3.05, 3.63) is 52.8 Å². The van der Waals surface area contributed by atoms with E-state index >= 15 is 0 Å². The second kappa shape index (κ2) is 6.37. The lowest BCUT2D eigenvalue weighted by Crippen LogP contribution is -2.01. The number of aryl methyl sites for hydroxylation is 3. The van der Waals surface area contributed by atoms with Crippen LogP contribution in [0, 0.1) is 25.2 Å². The Balaban J connectivity index is 2.25. The normalized spacial score (nSPS) is 10.8. The molecule has 0 N–H and O–H groups in total. The summed E-state index contributed by atoms with van der Waals surface area (Å²) >= 11 is 0. The van der Waals surface area contributed by atoms with Gasteiger partial charge >= 0.3 is 0 Å². The van der Waals surface area contributed by atoms with Crippen molar-refractivity contribution in [3.63, 3.8) is 0 Å². The van der Waals surface area contributed by atoms with Gasteiger partial charge < -0.3 is 4.74 Å². The Kier molecular flexibility index (Phi) is 4.26. The first-order valence-corrected chi connectivity index (χ1v) is 8.25. The number of rotatable bonds is 4. The van der Waals surface area contributed by atoms with Crippen LogP contribution in [0.1, 0.15) is 36.4 Å². The van der Waals surface area contributed by atoms with E-state index in [1.54, 1.807) is 0 Å². The number of hydrogen-bond acceptors (Lipinski definition) is 3. The molecule has 3 rings (SSSR count). The van der Waals surface area contributed by atoms with Crippen LogP contribution < -0.4 is 4.74 Å². The Bertz CT molecular complexity index is 930. The third-order valence-electron chi connectivity index (χ3n) is 4.29. The van der Waals surface area contributed by atoms with Gasteiger partial charge in [-0.3, -0.25) is 4.57 Å². The zero-order valence-corrected chi connectivity index (χ0v) is 14.6. The highest BCUT2D eigenvalue weighted by Gasteiger charge is 2.16. The molecule has 4 heteroatoms. The van der Waals surface area contributed by atoms with Gasteiger partial charge in [0.25, 0.3) is 0 Å². The minimum absolute atomic E-state index is 0.656. The van der Waals surface area contributed by atoms with Crippen LogP contribution in [0.25, 0.3) is 16.7 Å². The minimum atomic E-state index is 0.656. The van der Waals surface area contributed by atoms with Crippen LogP contribution in [0.3, 0.4) is 0 Å². The second-order valence-electron chi connectivity index (χ2n) is 5.82. The van der Waals surface area contributed by atoms with Gasteiger partial charge in [0, 0.05) is 12.1 Å². The van der Waals surface area contributed by atoms with E-state index in [2.05, 4.69) is 23.6 Å². The van der Waals surface area contributed by atoms with Gasteiger partial charge in [-0.1, -0.05) is 6.92 Å². The summed E-state index contributed by atoms with van der Waals surface area (Å²) in [4.78, 5) is 4.80. The average Bonchev–Trinajstić information content (AvgIpc) is 2.95. The molecule has 0 radical (unpaired) electrons. The smallest absolute Gasteiger partial charge is 0.119 e. The predicted molar refractivity (Wildman–Crippen MR) is 95.8 cm³/mol. The molecule has 4 nitrogen and oxygen atoms in total. The summed E-state index contributed by atoms with van der Waals surface area (Å²) < 4.78 is 7.70. The number of nitriles is 1. The van der Waals surface area contributed by atoms with E-state index in [1.807, 2.05) is 45.0 Å². The lowest BCUT2D eigenvalue weighted by Gasteiger charge is -2.11. The van der Waals surface area contributed by atoms with Gasteiger partial charge in [0.05, 0.1) is 29.3 Å². The molecule has 0 saturated heterocycles. The van der Waals surface area contributed by atoms with Crippen LogP contribution >= 0.6 is 0 Å². The second-order valence-corrected chi connectivity index (χ2v) is 5.82. The topological polar surface area (TPSA) is 50.8 Å². The molecule has 1 aromatic heterocycles. The average molecular weight is 319 g/mol. The van der Waals surface area contributed by atoms with Crippen LogP contribution in [0.2, 0.25) is 0 Å². The molecule has 0 unspecified atom stereocenters. The van der Waals surface area contributed by atoms with Crippen molar-refractivity contribution in [2.24, 2.45) is 0 Å². The molecule has 0 saturated carbocycles. The fourth-order valence-corrected chi connectivity index (χ4v) is 3.14. The van der Waals surface area contributed by atoms with Crippen molar-refractivity contribution in [2.45, 2.75) is 34.1 Å². The highest BCUT2D eigenvalue weighted by Crippen LogP contribution is 2.29. The van der Waals surface area contributed by atoms with Gasteiger partial charge in [-0.25, -0.2) is 4.98 Å². The quantitative estimate of drug-likeness (QED) is 0.712. The highest BCUT2D eigenvalue weighted by atomic mass is 16.5. The van der Waals surface area contributed by atoms with Gasteiger partial charge in [0.15, 0.2) is 0 Å². The van der Waals surface area contributed by atoms with Crippen LogP contribution in [0.4, 0.5) is 0 Å². The van der Waals surface area contributed by atoms with E-state index in [0.717, 1.165) is 51.4 Å². The molecular formula is C20H21N3O. The molecule has 0 spiro atoms. The molecule has 24 heavy (non-hydrogen) atoms. The Morgan fingerprint density at radius 3 is 2.46 bits per heavy atom. The predicted octanol–water partition coefficient (Wildman–Crippen LogP) is 4.48. The van der Waals surface area contributed by atoms with Crippen molar-refractivity contribution in [3.8, 4) is 17.5 Å². The zero-order chi connectivity index (χ0) is 17.3. The fraction of sp³-hybridized carbons (Fsp3) is 0.300. The number of fused-ring (bicyclic) bond motifs is 1. The number of nitrogens with zero attached hydrogens (tertiary/aromatic N) is 3. The first-order chi connectivity index (χ1) is 11.6. The molecule has 0 aliphatic heterocycles. The largest absolute Gasteiger partial charge is 0.494 e. The Morgan fingerprint density at radius 2 is 1.88 bits per heavy atom. The number of aromatic nitrogens is 2. The molecule has 3 aromatic rings. The van der Waals surface area contributed by atoms with Crippen molar-refractivity contribution in [1.82, 2.24) is 9.55 Å². The van der Waals surface area contributed by atoms with Gasteiger partial charge in [0.2, 0.25) is 0 Å². The third kappa shape index (κ3) is 2.52. The van der Waals surface area contributed by atoms with E-state index in [9.17, 15) is 5.26 Å². The van der Waals surface area contributed by atoms with Gasteiger partial charge in [-0.15, -0.1) is 0 Å². The number of imidazole rings is 1. The molecule has 0 aliphatic rings. The van der Waals surface area contributed by atoms with Crippen molar-refractivity contribution >= 4 is 11.0 Å². The lowest BCUT2D eigenvalue weighted by molar-refractivity contribution is 0.340. The summed E-state index contributed by atoms with van der Waals surface area (Å²) in [6.07, 6.45) is 0.822.